The summed E-state index contributed by atoms with van der Waals surface area (Å²) in [6, 6.07) is 0. The number of carbonyl (C=O) groups excluding carboxylic acids is 2. The number of hydrogen-bond acceptors (Lipinski definition) is 9. The van der Waals surface area contributed by atoms with E-state index in [0.717, 1.165) is 13.4 Å². The summed E-state index contributed by atoms with van der Waals surface area (Å²) in [7, 11) is -6.17. The fourth-order valence-corrected chi connectivity index (χ4v) is 2.11. The molecule has 0 amide bonds. The molecule has 0 rings (SSSR count). The van der Waals surface area contributed by atoms with Crippen LogP contribution < -0.4 is 0 Å². The van der Waals surface area contributed by atoms with E-state index < -0.39 is 43.8 Å². The second-order valence-electron chi connectivity index (χ2n) is 4.83. The Hall–Kier alpha value is -1.20. The van der Waals surface area contributed by atoms with Gasteiger partial charge in [0, 0.05) is 19.1 Å². The quantitative estimate of drug-likeness (QED) is 0.270. The van der Waals surface area contributed by atoms with E-state index in [4.69, 9.17) is 0 Å². The average molecular weight is 374 g/mol. The predicted molar refractivity (Wildman–Crippen MR) is 80.4 cm³/mol. The van der Waals surface area contributed by atoms with Gasteiger partial charge in [-0.3, -0.25) is 13.8 Å². The van der Waals surface area contributed by atoms with Crippen molar-refractivity contribution in [2.45, 2.75) is 38.5 Å². The minimum Gasteiger partial charge on any atom is -0.449 e. The first-order chi connectivity index (χ1) is 10.6. The molecule has 0 aromatic rings. The van der Waals surface area contributed by atoms with Crippen molar-refractivity contribution >= 4 is 31.9 Å². The summed E-state index contributed by atoms with van der Waals surface area (Å²) in [5.74, 6) is -2.66. The molecule has 11 heteroatoms. The molecule has 9 nitrogen and oxygen atoms in total. The second kappa shape index (κ2) is 10.6. The van der Waals surface area contributed by atoms with Crippen LogP contribution in [0.1, 0.15) is 38.5 Å². The third kappa shape index (κ3) is 14.1. The van der Waals surface area contributed by atoms with E-state index in [0.29, 0.717) is 25.7 Å². The van der Waals surface area contributed by atoms with E-state index in [2.05, 4.69) is 13.7 Å². The third-order valence-corrected chi connectivity index (χ3v) is 4.02. The second-order valence-corrected chi connectivity index (χ2v) is 8.60. The summed E-state index contributed by atoms with van der Waals surface area (Å²) in [5, 5.41) is 0. The molecule has 0 aromatic carbocycles. The highest BCUT2D eigenvalue weighted by Gasteiger charge is 2.12. The molecule has 0 saturated carbocycles. The normalized spacial score (nSPS) is 11.9. The Morgan fingerprint density at radius 2 is 1.22 bits per heavy atom. The van der Waals surface area contributed by atoms with Gasteiger partial charge in [0.25, 0.3) is 0 Å². The predicted octanol–water partition coefficient (Wildman–Crippen LogP) is 0.349. The van der Waals surface area contributed by atoms with E-state index in [9.17, 15) is 26.4 Å². The van der Waals surface area contributed by atoms with Gasteiger partial charge in [-0.25, -0.2) is 8.42 Å². The monoisotopic (exact) mass is 374 g/mol. The van der Waals surface area contributed by atoms with Gasteiger partial charge in [0.1, 0.15) is 0 Å². The number of unbranched alkanes of at least 4 members (excludes halogenated alkanes) is 3. The van der Waals surface area contributed by atoms with Crippen molar-refractivity contribution in [3.8, 4) is 0 Å². The maximum absolute atomic E-state index is 11.3. The fraction of sp³-hybridized carbons (Fsp3) is 0.833. The molecular formula is C12H22O9S2. The molecule has 0 radical (unpaired) electrons. The Morgan fingerprint density at radius 1 is 0.783 bits per heavy atom. The van der Waals surface area contributed by atoms with E-state index in [1.807, 2.05) is 0 Å². The molecule has 0 heterocycles. The molecule has 136 valence electrons. The molecule has 23 heavy (non-hydrogen) atoms. The largest absolute Gasteiger partial charge is 0.449 e. The summed E-state index contributed by atoms with van der Waals surface area (Å²) < 4.78 is 56.6. The lowest BCUT2D eigenvalue weighted by Crippen LogP contribution is -2.15. The zero-order valence-electron chi connectivity index (χ0n) is 13.1. The number of carbonyl (C=O) groups is 2. The zero-order valence-corrected chi connectivity index (χ0v) is 14.8. The van der Waals surface area contributed by atoms with Crippen LogP contribution in [-0.4, -0.2) is 54.0 Å². The van der Waals surface area contributed by atoms with Gasteiger partial charge in [-0.15, -0.1) is 0 Å². The van der Waals surface area contributed by atoms with Crippen LogP contribution in [0, 0.1) is 0 Å². The summed E-state index contributed by atoms with van der Waals surface area (Å²) >= 11 is 0. The molecule has 0 bridgehead atoms. The van der Waals surface area contributed by atoms with Crippen LogP contribution in [0.4, 0.5) is 0 Å². The van der Waals surface area contributed by atoms with Gasteiger partial charge >= 0.3 is 22.1 Å². The van der Waals surface area contributed by atoms with E-state index in [1.165, 1.54) is 0 Å². The summed E-state index contributed by atoms with van der Waals surface area (Å²) in [6.07, 6.45) is 3.43. The van der Waals surface area contributed by atoms with E-state index >= 15 is 0 Å². The van der Waals surface area contributed by atoms with Crippen molar-refractivity contribution in [2.75, 3.05) is 25.2 Å². The molecule has 0 aliphatic heterocycles. The van der Waals surface area contributed by atoms with Gasteiger partial charge in [0.2, 0.25) is 5.94 Å². The molecule has 0 N–H and O–H groups in total. The molecule has 0 atom stereocenters. The van der Waals surface area contributed by atoms with Gasteiger partial charge in [0.05, 0.1) is 7.11 Å². The highest BCUT2D eigenvalue weighted by molar-refractivity contribution is 7.90. The van der Waals surface area contributed by atoms with Crippen molar-refractivity contribution in [2.24, 2.45) is 0 Å². The Kier molecular flexibility index (Phi) is 10.0. The van der Waals surface area contributed by atoms with Crippen molar-refractivity contribution in [1.82, 2.24) is 0 Å². The Morgan fingerprint density at radius 3 is 1.61 bits per heavy atom. The Bertz CT molecular complexity index is 578. The maximum Gasteiger partial charge on any atom is 0.306 e. The molecule has 0 unspecified atom stereocenters. The van der Waals surface area contributed by atoms with Crippen LogP contribution in [0.25, 0.3) is 0 Å². The minimum absolute atomic E-state index is 0.0672. The highest BCUT2D eigenvalue weighted by Crippen LogP contribution is 2.07. The van der Waals surface area contributed by atoms with E-state index in [-0.39, 0.29) is 12.8 Å². The lowest BCUT2D eigenvalue weighted by atomic mass is 10.1. The first-order valence-corrected chi connectivity index (χ1v) is 10.5. The van der Waals surface area contributed by atoms with Crippen molar-refractivity contribution in [1.29, 1.82) is 0 Å². The third-order valence-electron chi connectivity index (χ3n) is 2.56. The summed E-state index contributed by atoms with van der Waals surface area (Å²) in [4.78, 5) is 22.5. The van der Waals surface area contributed by atoms with Crippen LogP contribution in [0.3, 0.4) is 0 Å². The molecule has 0 saturated heterocycles. The topological polar surface area (TPSA) is 130 Å². The van der Waals surface area contributed by atoms with Crippen molar-refractivity contribution in [3.63, 3.8) is 0 Å². The smallest absolute Gasteiger partial charge is 0.306 e. The van der Waals surface area contributed by atoms with Gasteiger partial charge in [-0.05, 0) is 12.8 Å². The lowest BCUT2D eigenvalue weighted by Gasteiger charge is -2.05. The number of rotatable bonds is 12. The minimum atomic E-state index is -3.82. The van der Waals surface area contributed by atoms with Crippen LogP contribution in [0.15, 0.2) is 0 Å². The number of sulfone groups is 1. The first-order valence-electron chi connectivity index (χ1n) is 6.83. The first kappa shape index (κ1) is 21.8. The number of ether oxygens (including phenoxy) is 2. The van der Waals surface area contributed by atoms with Gasteiger partial charge in [0.15, 0.2) is 15.8 Å². The van der Waals surface area contributed by atoms with Crippen LogP contribution in [-0.2, 0) is 43.2 Å². The molecule has 0 aliphatic rings. The van der Waals surface area contributed by atoms with E-state index in [1.54, 1.807) is 0 Å². The molecular weight excluding hydrogens is 352 g/mol. The van der Waals surface area contributed by atoms with Crippen LogP contribution in [0.2, 0.25) is 0 Å². The molecule has 0 fully saturated rings. The Balaban J connectivity index is 3.62. The number of esters is 2. The lowest BCUT2D eigenvalue weighted by molar-refractivity contribution is -0.142. The number of hydrogen-bond donors (Lipinski definition) is 0. The van der Waals surface area contributed by atoms with Crippen LogP contribution in [0.5, 0.6) is 0 Å². The zero-order chi connectivity index (χ0) is 17.9. The highest BCUT2D eigenvalue weighted by atomic mass is 32.2. The summed E-state index contributed by atoms with van der Waals surface area (Å²) in [5.41, 5.74) is 0. The van der Waals surface area contributed by atoms with Crippen molar-refractivity contribution < 1.29 is 40.1 Å². The van der Waals surface area contributed by atoms with Crippen molar-refractivity contribution in [3.05, 3.63) is 0 Å². The van der Waals surface area contributed by atoms with Gasteiger partial charge in [-0.1, -0.05) is 12.8 Å². The fourth-order valence-electron chi connectivity index (χ4n) is 1.40. The molecule has 0 aliphatic carbocycles. The molecule has 0 spiro atoms. The maximum atomic E-state index is 11.3. The standard InChI is InChI=1S/C12H22O9S2/c1-19-23(17,18)10-21-12(14)8-6-4-3-5-7-11(13)20-9-22(2,15)16/h3-10H2,1-2H3. The van der Waals surface area contributed by atoms with Gasteiger partial charge in [-0.2, -0.15) is 8.42 Å². The molecule has 0 aromatic heterocycles. The van der Waals surface area contributed by atoms with Crippen LogP contribution >= 0.6 is 0 Å². The Labute approximate surface area is 136 Å². The SMILES string of the molecule is COS(=O)(=O)COC(=O)CCCCCCC(=O)OCS(C)(=O)=O. The average Bonchev–Trinajstić information content (AvgIpc) is 2.46. The summed E-state index contributed by atoms with van der Waals surface area (Å²) in [6.45, 7) is 0. The van der Waals surface area contributed by atoms with Gasteiger partial charge < -0.3 is 9.47 Å².